The van der Waals surface area contributed by atoms with Crippen molar-refractivity contribution in [2.24, 2.45) is 0 Å². The number of benzene rings is 1. The summed E-state index contributed by atoms with van der Waals surface area (Å²) in [6, 6.07) is 8.83. The van der Waals surface area contributed by atoms with Gasteiger partial charge in [0.1, 0.15) is 0 Å². The molecule has 2 rings (SSSR count). The maximum atomic E-state index is 5.02. The number of methoxy groups -OCH3 is 1. The molecule has 0 atom stereocenters. The van der Waals surface area contributed by atoms with Gasteiger partial charge in [0.05, 0.1) is 7.11 Å². The molecule has 0 spiro atoms. The average molecular weight is 235 g/mol. The topological polar surface area (TPSA) is 25.0 Å². The van der Waals surface area contributed by atoms with Crippen LogP contribution in [0, 0.1) is 6.07 Å². The summed E-state index contributed by atoms with van der Waals surface area (Å²) in [7, 11) is 1.64. The van der Waals surface area contributed by atoms with Crippen molar-refractivity contribution in [1.82, 2.24) is 4.98 Å². The van der Waals surface area contributed by atoms with Gasteiger partial charge in [0, 0.05) is 38.5 Å². The number of aromatic nitrogens is 1. The molecule has 1 N–H and O–H groups in total. The first-order valence-electron chi connectivity index (χ1n) is 3.43. The molecule has 2 nitrogen and oxygen atoms in total. The molecule has 12 heavy (non-hydrogen) atoms. The maximum absolute atomic E-state index is 5.02. The third-order valence-electron chi connectivity index (χ3n) is 1.68. The molecule has 3 heteroatoms. The van der Waals surface area contributed by atoms with Gasteiger partial charge in [0.15, 0.2) is 0 Å². The third-order valence-corrected chi connectivity index (χ3v) is 1.68. The van der Waals surface area contributed by atoms with Crippen LogP contribution in [0.3, 0.4) is 0 Å². The molecule has 1 heterocycles. The molecule has 0 amide bonds. The van der Waals surface area contributed by atoms with Crippen LogP contribution in [0.15, 0.2) is 24.4 Å². The summed E-state index contributed by atoms with van der Waals surface area (Å²) in [6.45, 7) is 0. The number of H-pyrrole nitrogens is 1. The van der Waals surface area contributed by atoms with Crippen LogP contribution in [-0.4, -0.2) is 12.1 Å². The Morgan fingerprint density at radius 2 is 2.33 bits per heavy atom. The van der Waals surface area contributed by atoms with Crippen molar-refractivity contribution in [3.8, 4) is 5.75 Å². The van der Waals surface area contributed by atoms with E-state index >= 15 is 0 Å². The molecule has 1 aromatic heterocycles. The van der Waals surface area contributed by atoms with Crippen molar-refractivity contribution >= 4 is 10.9 Å². The summed E-state index contributed by atoms with van der Waals surface area (Å²) < 4.78 is 5.02. The fourth-order valence-corrected chi connectivity index (χ4v) is 1.09. The fraction of sp³-hybridized carbons (Fsp3) is 0.111. The average Bonchev–Trinajstić information content (AvgIpc) is 2.50. The van der Waals surface area contributed by atoms with Crippen molar-refractivity contribution < 1.29 is 37.4 Å². The van der Waals surface area contributed by atoms with Crippen molar-refractivity contribution in [3.05, 3.63) is 30.5 Å². The molecule has 2 aromatic rings. The van der Waals surface area contributed by atoms with E-state index in [2.05, 4.69) is 11.1 Å². The Labute approximate surface area is 96.2 Å². The van der Waals surface area contributed by atoms with Crippen molar-refractivity contribution in [2.75, 3.05) is 7.11 Å². The van der Waals surface area contributed by atoms with Gasteiger partial charge in [0.2, 0.25) is 0 Å². The van der Waals surface area contributed by atoms with Gasteiger partial charge in [-0.1, -0.05) is 11.6 Å². The molecule has 1 aromatic carbocycles. The Bertz CT molecular complexity index is 369. The molecular formula is C9H8NOY-. The smallest absolute Gasteiger partial charge is 0.0743 e. The van der Waals surface area contributed by atoms with Crippen LogP contribution in [0.5, 0.6) is 5.75 Å². The second-order valence-corrected chi connectivity index (χ2v) is 2.35. The van der Waals surface area contributed by atoms with Crippen molar-refractivity contribution in [1.29, 1.82) is 0 Å². The van der Waals surface area contributed by atoms with Gasteiger partial charge < -0.3 is 9.72 Å². The molecule has 1 radical (unpaired) electrons. The standard InChI is InChI=1S/C9H8NO.Y/c1-11-8-2-3-9-7(6-8)4-5-10-9;/h3-6,10H,1H3;/q-1;. The van der Waals surface area contributed by atoms with Gasteiger partial charge in [-0.05, 0) is 6.20 Å². The van der Waals surface area contributed by atoms with E-state index in [9.17, 15) is 0 Å². The van der Waals surface area contributed by atoms with E-state index in [-0.39, 0.29) is 32.7 Å². The Balaban J connectivity index is 0.000000720. The van der Waals surface area contributed by atoms with Crippen LogP contribution in [0.25, 0.3) is 10.9 Å². The molecule has 0 fully saturated rings. The van der Waals surface area contributed by atoms with Gasteiger partial charge in [-0.2, -0.15) is 6.07 Å². The minimum absolute atomic E-state index is 0. The predicted octanol–water partition coefficient (Wildman–Crippen LogP) is 1.97. The Hall–Kier alpha value is -0.336. The normalized spacial score (nSPS) is 9.42. The van der Waals surface area contributed by atoms with Gasteiger partial charge >= 0.3 is 0 Å². The maximum Gasteiger partial charge on any atom is 0.0743 e. The molecule has 0 saturated heterocycles. The molecule has 0 aliphatic heterocycles. The van der Waals surface area contributed by atoms with Crippen LogP contribution in [0.4, 0.5) is 0 Å². The summed E-state index contributed by atoms with van der Waals surface area (Å²) in [5, 5.41) is 1.15. The predicted molar refractivity (Wildman–Crippen MR) is 43.7 cm³/mol. The summed E-state index contributed by atoms with van der Waals surface area (Å²) in [5.41, 5.74) is 1.09. The molecule has 0 aliphatic carbocycles. The zero-order valence-corrected chi connectivity index (χ0v) is 9.63. The van der Waals surface area contributed by atoms with Crippen molar-refractivity contribution in [3.63, 3.8) is 0 Å². The van der Waals surface area contributed by atoms with Crippen LogP contribution in [-0.2, 0) is 32.7 Å². The molecular weight excluding hydrogens is 227 g/mol. The van der Waals surface area contributed by atoms with Gasteiger partial charge in [0.25, 0.3) is 0 Å². The van der Waals surface area contributed by atoms with E-state index < -0.39 is 0 Å². The van der Waals surface area contributed by atoms with E-state index in [0.717, 1.165) is 16.7 Å². The number of fused-ring (bicyclic) bond motifs is 1. The van der Waals surface area contributed by atoms with E-state index in [1.54, 1.807) is 7.11 Å². The van der Waals surface area contributed by atoms with Crippen LogP contribution in [0.1, 0.15) is 0 Å². The summed E-state index contributed by atoms with van der Waals surface area (Å²) in [4.78, 5) is 3.08. The number of ether oxygens (including phenoxy) is 1. The van der Waals surface area contributed by atoms with Gasteiger partial charge in [-0.15, -0.1) is 17.5 Å². The van der Waals surface area contributed by atoms with E-state index in [1.807, 2.05) is 24.4 Å². The fourth-order valence-electron chi connectivity index (χ4n) is 1.09. The van der Waals surface area contributed by atoms with Crippen LogP contribution < -0.4 is 4.74 Å². The first kappa shape index (κ1) is 9.75. The largest absolute Gasteiger partial charge is 0.523 e. The number of nitrogens with one attached hydrogen (secondary N) is 1. The zero-order valence-electron chi connectivity index (χ0n) is 6.79. The molecule has 0 unspecified atom stereocenters. The summed E-state index contributed by atoms with van der Waals surface area (Å²) >= 11 is 0. The SMILES string of the molecule is COc1[c-]cc2[nH]ccc2c1.[Y]. The first-order chi connectivity index (χ1) is 5.40. The number of hydrogen-bond acceptors (Lipinski definition) is 1. The van der Waals surface area contributed by atoms with E-state index in [1.165, 1.54) is 0 Å². The molecule has 59 valence electrons. The molecule has 0 aliphatic rings. The van der Waals surface area contributed by atoms with Gasteiger partial charge in [-0.3, -0.25) is 0 Å². The summed E-state index contributed by atoms with van der Waals surface area (Å²) in [6.07, 6.45) is 1.90. The minimum atomic E-state index is 0. The Morgan fingerprint density at radius 3 is 3.08 bits per heavy atom. The zero-order chi connectivity index (χ0) is 7.68. The van der Waals surface area contributed by atoms with Crippen molar-refractivity contribution in [2.45, 2.75) is 0 Å². The van der Waals surface area contributed by atoms with E-state index in [4.69, 9.17) is 4.74 Å². The monoisotopic (exact) mass is 235 g/mol. The third kappa shape index (κ3) is 1.70. The van der Waals surface area contributed by atoms with Crippen LogP contribution in [0.2, 0.25) is 0 Å². The minimum Gasteiger partial charge on any atom is -0.523 e. The Morgan fingerprint density at radius 1 is 1.50 bits per heavy atom. The number of rotatable bonds is 1. The second-order valence-electron chi connectivity index (χ2n) is 2.35. The summed E-state index contributed by atoms with van der Waals surface area (Å²) in [5.74, 6) is 0.775. The van der Waals surface area contributed by atoms with Crippen LogP contribution >= 0.6 is 0 Å². The van der Waals surface area contributed by atoms with Gasteiger partial charge in [-0.25, -0.2) is 0 Å². The number of hydrogen-bond donors (Lipinski definition) is 1. The Kier molecular flexibility index (Phi) is 3.30. The van der Waals surface area contributed by atoms with E-state index in [0.29, 0.717) is 0 Å². The quantitative estimate of drug-likeness (QED) is 0.751. The molecule has 0 bridgehead atoms. The molecule has 0 saturated carbocycles. The first-order valence-corrected chi connectivity index (χ1v) is 3.43. The second kappa shape index (κ2) is 4.06. The number of aromatic amines is 1.